The first kappa shape index (κ1) is 11.2. The maximum Gasteiger partial charge on any atom is 0.312 e. The number of nitrogens with zero attached hydrogens (tertiary/aromatic N) is 2. The van der Waals surface area contributed by atoms with Crippen LogP contribution in [0.1, 0.15) is 26.3 Å². The van der Waals surface area contributed by atoms with Crippen LogP contribution in [0.3, 0.4) is 0 Å². The van der Waals surface area contributed by atoms with Gasteiger partial charge in [-0.1, -0.05) is 0 Å². The lowest BCUT2D eigenvalue weighted by Crippen LogP contribution is -2.16. The maximum absolute atomic E-state index is 11.1. The second-order valence-electron chi connectivity index (χ2n) is 3.39. The molecule has 2 N–H and O–H groups in total. The number of aliphatic carboxylic acids is 1. The Morgan fingerprint density at radius 3 is 2.73 bits per heavy atom. The molecule has 1 amide bonds. The second-order valence-corrected chi connectivity index (χ2v) is 3.39. The number of aromatic nitrogens is 2. The van der Waals surface area contributed by atoms with Crippen LogP contribution < -0.4 is 5.32 Å². The van der Waals surface area contributed by atoms with Crippen molar-refractivity contribution in [1.82, 2.24) is 9.78 Å². The number of carboxylic acid groups (broad SMARTS) is 1. The summed E-state index contributed by atoms with van der Waals surface area (Å²) in [5.74, 6) is -1.36. The molecule has 15 heavy (non-hydrogen) atoms. The van der Waals surface area contributed by atoms with Crippen molar-refractivity contribution in [3.8, 4) is 0 Å². The van der Waals surface area contributed by atoms with Crippen molar-refractivity contribution in [2.75, 3.05) is 5.32 Å². The largest absolute Gasteiger partial charge is 0.481 e. The standard InChI is InChI=1S/C9H13N3O3/c1-6(2)12-4-3-7(11-12)10-8(13)5-9(14)15/h3-4,6H,5H2,1-2H3,(H,14,15)(H,10,11,13). The molecule has 6 heteroatoms. The molecule has 0 aliphatic carbocycles. The molecule has 6 nitrogen and oxygen atoms in total. The fraction of sp³-hybridized carbons (Fsp3) is 0.444. The minimum absolute atomic E-state index is 0.204. The number of carboxylic acids is 1. The van der Waals surface area contributed by atoms with Crippen LogP contribution in [0.2, 0.25) is 0 Å². The van der Waals surface area contributed by atoms with Gasteiger partial charge in [0.1, 0.15) is 6.42 Å². The molecule has 0 fully saturated rings. The Morgan fingerprint density at radius 1 is 1.60 bits per heavy atom. The number of nitrogens with one attached hydrogen (secondary N) is 1. The summed E-state index contributed by atoms with van der Waals surface area (Å²) < 4.78 is 1.68. The maximum atomic E-state index is 11.1. The minimum Gasteiger partial charge on any atom is -0.481 e. The van der Waals surface area contributed by atoms with Crippen LogP contribution in [0.15, 0.2) is 12.3 Å². The van der Waals surface area contributed by atoms with Gasteiger partial charge >= 0.3 is 5.97 Å². The SMILES string of the molecule is CC(C)n1ccc(NC(=O)CC(=O)O)n1. The smallest absolute Gasteiger partial charge is 0.312 e. The lowest BCUT2D eigenvalue weighted by molar-refractivity contribution is -0.139. The highest BCUT2D eigenvalue weighted by atomic mass is 16.4. The van der Waals surface area contributed by atoms with Gasteiger partial charge in [0, 0.05) is 18.3 Å². The van der Waals surface area contributed by atoms with Gasteiger partial charge in [-0.15, -0.1) is 0 Å². The van der Waals surface area contributed by atoms with E-state index in [1.165, 1.54) is 0 Å². The summed E-state index contributed by atoms with van der Waals surface area (Å²) in [6.07, 6.45) is 1.18. The molecule has 0 radical (unpaired) electrons. The molecule has 0 unspecified atom stereocenters. The molecular formula is C9H13N3O3. The molecule has 1 aromatic rings. The predicted octanol–water partition coefficient (Wildman–Crippen LogP) is 0.877. The zero-order valence-electron chi connectivity index (χ0n) is 8.60. The van der Waals surface area contributed by atoms with E-state index in [4.69, 9.17) is 5.11 Å². The lowest BCUT2D eigenvalue weighted by Gasteiger charge is -2.03. The highest BCUT2D eigenvalue weighted by Gasteiger charge is 2.09. The van der Waals surface area contributed by atoms with E-state index in [2.05, 4.69) is 10.4 Å². The molecular weight excluding hydrogens is 198 g/mol. The van der Waals surface area contributed by atoms with Gasteiger partial charge in [0.2, 0.25) is 5.91 Å². The third kappa shape index (κ3) is 3.41. The van der Waals surface area contributed by atoms with E-state index in [9.17, 15) is 9.59 Å². The summed E-state index contributed by atoms with van der Waals surface area (Å²) in [6, 6.07) is 1.83. The van der Waals surface area contributed by atoms with Crippen molar-refractivity contribution in [3.63, 3.8) is 0 Å². The quantitative estimate of drug-likeness (QED) is 0.724. The molecule has 1 heterocycles. The van der Waals surface area contributed by atoms with Crippen molar-refractivity contribution >= 4 is 17.7 Å². The van der Waals surface area contributed by atoms with Gasteiger partial charge in [-0.05, 0) is 13.8 Å². The Morgan fingerprint density at radius 2 is 2.27 bits per heavy atom. The topological polar surface area (TPSA) is 84.2 Å². The van der Waals surface area contributed by atoms with Crippen LogP contribution in [0.5, 0.6) is 0 Å². The van der Waals surface area contributed by atoms with Crippen LogP contribution >= 0.6 is 0 Å². The molecule has 0 spiro atoms. The van der Waals surface area contributed by atoms with Gasteiger partial charge in [-0.25, -0.2) is 0 Å². The van der Waals surface area contributed by atoms with Gasteiger partial charge in [0.05, 0.1) is 0 Å². The van der Waals surface area contributed by atoms with Crippen LogP contribution in [0, 0.1) is 0 Å². The number of amides is 1. The number of hydrogen-bond acceptors (Lipinski definition) is 3. The molecule has 0 bridgehead atoms. The van der Waals surface area contributed by atoms with E-state index in [-0.39, 0.29) is 6.04 Å². The predicted molar refractivity (Wildman–Crippen MR) is 53.5 cm³/mol. The zero-order chi connectivity index (χ0) is 11.4. The average molecular weight is 211 g/mol. The van der Waals surface area contributed by atoms with Gasteiger partial charge < -0.3 is 10.4 Å². The molecule has 82 valence electrons. The van der Waals surface area contributed by atoms with E-state index in [1.807, 2.05) is 13.8 Å². The molecule has 0 saturated heterocycles. The molecule has 0 aromatic carbocycles. The Hall–Kier alpha value is -1.85. The molecule has 1 rings (SSSR count). The molecule has 0 aliphatic rings. The zero-order valence-corrected chi connectivity index (χ0v) is 8.60. The molecule has 0 saturated carbocycles. The van der Waals surface area contributed by atoms with Crippen molar-refractivity contribution in [3.05, 3.63) is 12.3 Å². The summed E-state index contributed by atoms with van der Waals surface area (Å²) in [5.41, 5.74) is 0. The average Bonchev–Trinajstić information content (AvgIpc) is 2.50. The van der Waals surface area contributed by atoms with Gasteiger partial charge in [0.25, 0.3) is 0 Å². The number of rotatable bonds is 4. The highest BCUT2D eigenvalue weighted by molar-refractivity contribution is 6.00. The summed E-state index contributed by atoms with van der Waals surface area (Å²) in [6.45, 7) is 3.91. The first-order chi connectivity index (χ1) is 6.99. The van der Waals surface area contributed by atoms with Crippen molar-refractivity contribution in [1.29, 1.82) is 0 Å². The van der Waals surface area contributed by atoms with Crippen molar-refractivity contribution in [2.45, 2.75) is 26.3 Å². The number of carbonyl (C=O) groups excluding carboxylic acids is 1. The third-order valence-electron chi connectivity index (χ3n) is 1.72. The first-order valence-corrected chi connectivity index (χ1v) is 4.56. The fourth-order valence-electron chi connectivity index (χ4n) is 1.02. The minimum atomic E-state index is -1.16. The number of carbonyl (C=O) groups is 2. The van der Waals surface area contributed by atoms with E-state index in [1.54, 1.807) is 16.9 Å². The van der Waals surface area contributed by atoms with Crippen LogP contribution in [0.4, 0.5) is 5.82 Å². The molecule has 0 atom stereocenters. The van der Waals surface area contributed by atoms with E-state index in [0.717, 1.165) is 0 Å². The van der Waals surface area contributed by atoms with Gasteiger partial charge in [-0.2, -0.15) is 5.10 Å². The summed E-state index contributed by atoms with van der Waals surface area (Å²) in [5, 5.41) is 14.8. The Bertz CT molecular complexity index is 370. The van der Waals surface area contributed by atoms with Crippen LogP contribution in [-0.4, -0.2) is 26.8 Å². The van der Waals surface area contributed by atoms with Gasteiger partial charge in [0.15, 0.2) is 5.82 Å². The van der Waals surface area contributed by atoms with E-state index in [0.29, 0.717) is 5.82 Å². The number of anilines is 1. The summed E-state index contributed by atoms with van der Waals surface area (Å²) >= 11 is 0. The molecule has 1 aromatic heterocycles. The van der Waals surface area contributed by atoms with Gasteiger partial charge in [-0.3, -0.25) is 14.3 Å². The third-order valence-corrected chi connectivity index (χ3v) is 1.72. The van der Waals surface area contributed by atoms with Crippen LogP contribution in [-0.2, 0) is 9.59 Å². The highest BCUT2D eigenvalue weighted by Crippen LogP contribution is 2.08. The number of hydrogen-bond donors (Lipinski definition) is 2. The Labute approximate surface area is 86.9 Å². The normalized spacial score (nSPS) is 10.3. The monoisotopic (exact) mass is 211 g/mol. The molecule has 0 aliphatic heterocycles. The summed E-state index contributed by atoms with van der Waals surface area (Å²) in [4.78, 5) is 21.3. The van der Waals surface area contributed by atoms with Crippen molar-refractivity contribution < 1.29 is 14.7 Å². The van der Waals surface area contributed by atoms with Crippen LogP contribution in [0.25, 0.3) is 0 Å². The van der Waals surface area contributed by atoms with E-state index >= 15 is 0 Å². The Kier molecular flexibility index (Phi) is 3.43. The first-order valence-electron chi connectivity index (χ1n) is 4.56. The second kappa shape index (κ2) is 4.59. The Balaban J connectivity index is 2.57. The van der Waals surface area contributed by atoms with Crippen molar-refractivity contribution in [2.24, 2.45) is 0 Å². The van der Waals surface area contributed by atoms with E-state index < -0.39 is 18.3 Å². The summed E-state index contributed by atoms with van der Waals surface area (Å²) in [7, 11) is 0. The lowest BCUT2D eigenvalue weighted by atomic mass is 10.4. The fourth-order valence-corrected chi connectivity index (χ4v) is 1.02.